The van der Waals surface area contributed by atoms with Crippen LogP contribution in [-0.4, -0.2) is 23.9 Å². The number of nitrogens with zero attached hydrogens (tertiary/aromatic N) is 2. The van der Waals surface area contributed by atoms with E-state index in [0.29, 0.717) is 20.7 Å². The highest BCUT2D eigenvalue weighted by atomic mass is 32.2. The van der Waals surface area contributed by atoms with Crippen molar-refractivity contribution >= 4 is 46.0 Å². The van der Waals surface area contributed by atoms with Crippen LogP contribution in [0.25, 0.3) is 6.08 Å². The first-order chi connectivity index (χ1) is 14.0. The topological polar surface area (TPSA) is 62.6 Å². The summed E-state index contributed by atoms with van der Waals surface area (Å²) < 4.78 is 11.2. The molecule has 0 atom stereocenters. The Morgan fingerprint density at radius 3 is 2.69 bits per heavy atom. The van der Waals surface area contributed by atoms with Crippen molar-refractivity contribution in [1.82, 2.24) is 0 Å². The Balaban J connectivity index is 1.92. The molecule has 1 fully saturated rings. The average molecular weight is 425 g/mol. The second-order valence-corrected chi connectivity index (χ2v) is 8.26. The number of carbonyl (C=O) groups is 1. The largest absolute Gasteiger partial charge is 0.493 e. The molecule has 5 nitrogen and oxygen atoms in total. The van der Waals surface area contributed by atoms with Crippen LogP contribution in [0.15, 0.2) is 47.4 Å². The van der Waals surface area contributed by atoms with Crippen LogP contribution in [0.3, 0.4) is 0 Å². The van der Waals surface area contributed by atoms with Crippen molar-refractivity contribution < 1.29 is 14.3 Å². The van der Waals surface area contributed by atoms with E-state index in [4.69, 9.17) is 27.0 Å². The Morgan fingerprint density at radius 2 is 2.00 bits per heavy atom. The molecule has 0 radical (unpaired) electrons. The van der Waals surface area contributed by atoms with Crippen molar-refractivity contribution in [3.05, 3.63) is 58.5 Å². The van der Waals surface area contributed by atoms with Gasteiger partial charge in [0.25, 0.3) is 5.91 Å². The second-order valence-electron chi connectivity index (χ2n) is 6.59. The summed E-state index contributed by atoms with van der Waals surface area (Å²) in [5, 5.41) is 8.68. The zero-order valence-corrected chi connectivity index (χ0v) is 18.0. The molecule has 3 rings (SSSR count). The summed E-state index contributed by atoms with van der Waals surface area (Å²) in [5.74, 6) is 1.10. The molecule has 0 unspecified atom stereocenters. The highest BCUT2D eigenvalue weighted by Gasteiger charge is 2.34. The van der Waals surface area contributed by atoms with Gasteiger partial charge in [0, 0.05) is 0 Å². The fourth-order valence-corrected chi connectivity index (χ4v) is 4.29. The van der Waals surface area contributed by atoms with Gasteiger partial charge >= 0.3 is 0 Å². The lowest BCUT2D eigenvalue weighted by Crippen LogP contribution is -2.28. The van der Waals surface area contributed by atoms with Gasteiger partial charge < -0.3 is 9.47 Å². The Morgan fingerprint density at radius 1 is 1.24 bits per heavy atom. The van der Waals surface area contributed by atoms with Crippen LogP contribution in [0.2, 0.25) is 0 Å². The number of hydrogen-bond donors (Lipinski definition) is 0. The number of anilines is 1. The minimum absolute atomic E-state index is 0.0658. The van der Waals surface area contributed by atoms with Gasteiger partial charge in [-0.2, -0.15) is 5.26 Å². The molecule has 0 bridgehead atoms. The highest BCUT2D eigenvalue weighted by molar-refractivity contribution is 8.27. The number of ether oxygens (including phenoxy) is 2. The molecule has 148 valence electrons. The standard InChI is InChI=1S/C22H20N2O3S2/c1-14(2)16-6-4-5-7-17(16)24-21(25)20(29-22(24)28)13-15-8-9-18(27-11-10-23)19(12-15)26-3/h4-9,12-14H,11H2,1-3H3/b20-13-. The van der Waals surface area contributed by atoms with E-state index in [1.807, 2.05) is 36.4 Å². The van der Waals surface area contributed by atoms with Crippen molar-refractivity contribution in [1.29, 1.82) is 5.26 Å². The lowest BCUT2D eigenvalue weighted by molar-refractivity contribution is -0.113. The van der Waals surface area contributed by atoms with Crippen molar-refractivity contribution in [2.45, 2.75) is 19.8 Å². The van der Waals surface area contributed by atoms with Crippen molar-refractivity contribution in [3.63, 3.8) is 0 Å². The maximum absolute atomic E-state index is 13.1. The van der Waals surface area contributed by atoms with Crippen LogP contribution in [0.4, 0.5) is 5.69 Å². The minimum Gasteiger partial charge on any atom is -0.493 e. The first kappa shape index (κ1) is 20.9. The third-order valence-corrected chi connectivity index (χ3v) is 5.67. The highest BCUT2D eigenvalue weighted by Crippen LogP contribution is 2.39. The van der Waals surface area contributed by atoms with Gasteiger partial charge in [-0.3, -0.25) is 9.69 Å². The van der Waals surface area contributed by atoms with Crippen LogP contribution in [0.5, 0.6) is 11.5 Å². The normalized spacial score (nSPS) is 15.1. The molecule has 0 saturated carbocycles. The van der Waals surface area contributed by atoms with Gasteiger partial charge in [0.2, 0.25) is 0 Å². The molecule has 2 aromatic carbocycles. The lowest BCUT2D eigenvalue weighted by Gasteiger charge is -2.20. The van der Waals surface area contributed by atoms with Crippen LogP contribution >= 0.6 is 24.0 Å². The van der Waals surface area contributed by atoms with E-state index in [-0.39, 0.29) is 18.4 Å². The number of methoxy groups -OCH3 is 1. The molecule has 29 heavy (non-hydrogen) atoms. The van der Waals surface area contributed by atoms with E-state index in [9.17, 15) is 4.79 Å². The summed E-state index contributed by atoms with van der Waals surface area (Å²) >= 11 is 6.79. The fraction of sp³-hybridized carbons (Fsp3) is 0.227. The molecule has 1 saturated heterocycles. The van der Waals surface area contributed by atoms with Crippen LogP contribution in [-0.2, 0) is 4.79 Å². The number of thiocarbonyl (C=S) groups is 1. The number of nitriles is 1. The van der Waals surface area contributed by atoms with Gasteiger partial charge in [0.15, 0.2) is 22.4 Å². The number of rotatable bonds is 6. The van der Waals surface area contributed by atoms with E-state index < -0.39 is 0 Å². The molecule has 2 aromatic rings. The molecular weight excluding hydrogens is 404 g/mol. The lowest BCUT2D eigenvalue weighted by atomic mass is 10.0. The van der Waals surface area contributed by atoms with E-state index in [1.165, 1.54) is 18.9 Å². The summed E-state index contributed by atoms with van der Waals surface area (Å²) in [6, 6.07) is 15.0. The van der Waals surface area contributed by atoms with E-state index in [0.717, 1.165) is 16.8 Å². The summed E-state index contributed by atoms with van der Waals surface area (Å²) in [6.45, 7) is 4.12. The van der Waals surface area contributed by atoms with Crippen LogP contribution in [0.1, 0.15) is 30.9 Å². The quantitative estimate of drug-likeness (QED) is 0.473. The zero-order valence-electron chi connectivity index (χ0n) is 16.3. The third-order valence-electron chi connectivity index (χ3n) is 4.37. The SMILES string of the molecule is COc1cc(/C=C2\SC(=S)N(c3ccccc3C(C)C)C2=O)ccc1OCC#N. The number of hydrogen-bond acceptors (Lipinski definition) is 6. The van der Waals surface area contributed by atoms with Crippen molar-refractivity contribution in [2.24, 2.45) is 0 Å². The number of para-hydroxylation sites is 1. The molecule has 1 aliphatic rings. The fourth-order valence-electron chi connectivity index (χ4n) is 3.01. The van der Waals surface area contributed by atoms with Gasteiger partial charge in [-0.05, 0) is 41.3 Å². The van der Waals surface area contributed by atoms with Gasteiger partial charge in [0.05, 0.1) is 17.7 Å². The van der Waals surface area contributed by atoms with Gasteiger partial charge in [-0.1, -0.05) is 62.1 Å². The Labute approximate surface area is 179 Å². The predicted octanol–water partition coefficient (Wildman–Crippen LogP) is 5.13. The smallest absolute Gasteiger partial charge is 0.270 e. The molecule has 1 amide bonds. The molecular formula is C22H20N2O3S2. The van der Waals surface area contributed by atoms with Gasteiger partial charge in [-0.25, -0.2) is 0 Å². The Bertz CT molecular complexity index is 1020. The Kier molecular flexibility index (Phi) is 6.57. The molecule has 7 heteroatoms. The average Bonchev–Trinajstić information content (AvgIpc) is 2.99. The van der Waals surface area contributed by atoms with Crippen LogP contribution in [0, 0.1) is 11.3 Å². The molecule has 1 aliphatic heterocycles. The third kappa shape index (κ3) is 4.44. The predicted molar refractivity (Wildman–Crippen MR) is 120 cm³/mol. The molecule has 1 heterocycles. The summed E-state index contributed by atoms with van der Waals surface area (Å²) in [4.78, 5) is 15.3. The summed E-state index contributed by atoms with van der Waals surface area (Å²) in [6.07, 6.45) is 1.79. The molecule has 0 spiro atoms. The molecule has 0 aliphatic carbocycles. The monoisotopic (exact) mass is 424 g/mol. The van der Waals surface area contributed by atoms with Crippen LogP contribution < -0.4 is 14.4 Å². The van der Waals surface area contributed by atoms with Gasteiger partial charge in [0.1, 0.15) is 6.07 Å². The molecule has 0 N–H and O–H groups in total. The number of carbonyl (C=O) groups excluding carboxylic acids is 1. The van der Waals surface area contributed by atoms with E-state index in [2.05, 4.69) is 13.8 Å². The number of benzene rings is 2. The maximum Gasteiger partial charge on any atom is 0.270 e. The maximum atomic E-state index is 13.1. The minimum atomic E-state index is -0.142. The van der Waals surface area contributed by atoms with Crippen molar-refractivity contribution in [2.75, 3.05) is 18.6 Å². The second kappa shape index (κ2) is 9.12. The number of thioether (sulfide) groups is 1. The zero-order chi connectivity index (χ0) is 21.0. The Hall–Kier alpha value is -2.82. The van der Waals surface area contributed by atoms with Crippen molar-refractivity contribution in [3.8, 4) is 17.6 Å². The first-order valence-electron chi connectivity index (χ1n) is 9.01. The number of amides is 1. The van der Waals surface area contributed by atoms with E-state index >= 15 is 0 Å². The first-order valence-corrected chi connectivity index (χ1v) is 10.2. The van der Waals surface area contributed by atoms with Gasteiger partial charge in [-0.15, -0.1) is 0 Å². The summed E-state index contributed by atoms with van der Waals surface area (Å²) in [7, 11) is 1.53. The molecule has 0 aromatic heterocycles. The summed E-state index contributed by atoms with van der Waals surface area (Å²) in [5.41, 5.74) is 2.68. The van der Waals surface area contributed by atoms with E-state index in [1.54, 1.807) is 23.1 Å².